The van der Waals surface area contributed by atoms with Gasteiger partial charge < -0.3 is 10.3 Å². The first-order chi connectivity index (χ1) is 6.81. The normalized spacial score (nSPS) is 22.2. The minimum atomic E-state index is 0.441. The van der Waals surface area contributed by atoms with Crippen LogP contribution in [0.2, 0.25) is 0 Å². The third-order valence-corrected chi connectivity index (χ3v) is 2.74. The van der Waals surface area contributed by atoms with Gasteiger partial charge in [0.2, 0.25) is 0 Å². The molecule has 1 aliphatic heterocycles. The van der Waals surface area contributed by atoms with Gasteiger partial charge in [0.15, 0.2) is 6.29 Å². The first kappa shape index (κ1) is 9.40. The van der Waals surface area contributed by atoms with Crippen molar-refractivity contribution in [1.82, 2.24) is 15.3 Å². The van der Waals surface area contributed by atoms with Crippen LogP contribution in [-0.4, -0.2) is 29.3 Å². The van der Waals surface area contributed by atoms with Crippen LogP contribution in [-0.2, 0) is 0 Å². The Kier molecular flexibility index (Phi) is 2.63. The van der Waals surface area contributed by atoms with Crippen LogP contribution in [0.25, 0.3) is 0 Å². The van der Waals surface area contributed by atoms with Crippen molar-refractivity contribution in [3.05, 3.63) is 17.2 Å². The highest BCUT2D eigenvalue weighted by atomic mass is 16.1. The highest BCUT2D eigenvalue weighted by molar-refractivity contribution is 5.73. The number of rotatable bonds is 2. The summed E-state index contributed by atoms with van der Waals surface area (Å²) < 4.78 is 0. The van der Waals surface area contributed by atoms with Gasteiger partial charge in [0.1, 0.15) is 11.5 Å². The monoisotopic (exact) mass is 193 g/mol. The average molecular weight is 193 g/mol. The Morgan fingerprint density at radius 3 is 3.00 bits per heavy atom. The van der Waals surface area contributed by atoms with Crippen LogP contribution in [0.3, 0.4) is 0 Å². The van der Waals surface area contributed by atoms with E-state index in [0.29, 0.717) is 11.6 Å². The Labute approximate surface area is 83.1 Å². The highest BCUT2D eigenvalue weighted by Gasteiger charge is 2.19. The number of H-pyrrole nitrogens is 1. The van der Waals surface area contributed by atoms with Crippen molar-refractivity contribution in [3.63, 3.8) is 0 Å². The van der Waals surface area contributed by atoms with Gasteiger partial charge >= 0.3 is 0 Å². The van der Waals surface area contributed by atoms with Crippen LogP contribution in [0.5, 0.6) is 0 Å². The average Bonchev–Trinajstić information content (AvgIpc) is 2.61. The largest absolute Gasteiger partial charge is 0.345 e. The number of nitrogens with one attached hydrogen (secondary N) is 2. The lowest BCUT2D eigenvalue weighted by Crippen LogP contribution is -2.28. The topological polar surface area (TPSA) is 57.8 Å². The number of aromatic nitrogens is 2. The van der Waals surface area contributed by atoms with Crippen molar-refractivity contribution in [1.29, 1.82) is 0 Å². The zero-order valence-electron chi connectivity index (χ0n) is 8.34. The summed E-state index contributed by atoms with van der Waals surface area (Å²) in [5.74, 6) is 1.40. The highest BCUT2D eigenvalue weighted by Crippen LogP contribution is 2.21. The summed E-state index contributed by atoms with van der Waals surface area (Å²) in [6.45, 7) is 3.94. The van der Waals surface area contributed by atoms with Gasteiger partial charge in [0, 0.05) is 18.2 Å². The van der Waals surface area contributed by atoms with Gasteiger partial charge in [0.25, 0.3) is 0 Å². The zero-order chi connectivity index (χ0) is 9.97. The summed E-state index contributed by atoms with van der Waals surface area (Å²) in [4.78, 5) is 18.1. The van der Waals surface area contributed by atoms with E-state index in [0.717, 1.165) is 37.3 Å². The summed E-state index contributed by atoms with van der Waals surface area (Å²) in [6.07, 6.45) is 3.14. The molecule has 14 heavy (non-hydrogen) atoms. The molecular formula is C10H15N3O. The van der Waals surface area contributed by atoms with Crippen molar-refractivity contribution >= 4 is 6.29 Å². The quantitative estimate of drug-likeness (QED) is 0.689. The third-order valence-electron chi connectivity index (χ3n) is 2.74. The molecule has 2 N–H and O–H groups in total. The van der Waals surface area contributed by atoms with Gasteiger partial charge in [-0.3, -0.25) is 4.79 Å². The van der Waals surface area contributed by atoms with E-state index in [9.17, 15) is 4.79 Å². The maximum Gasteiger partial charge on any atom is 0.170 e. The van der Waals surface area contributed by atoms with E-state index in [-0.39, 0.29) is 0 Å². The molecule has 0 aromatic carbocycles. The zero-order valence-corrected chi connectivity index (χ0v) is 8.34. The molecule has 2 rings (SSSR count). The van der Waals surface area contributed by atoms with Gasteiger partial charge in [-0.1, -0.05) is 0 Å². The molecule has 0 saturated carbocycles. The maximum atomic E-state index is 10.6. The fraction of sp³-hybridized carbons (Fsp3) is 0.600. The molecule has 2 heterocycles. The lowest BCUT2D eigenvalue weighted by Gasteiger charge is -2.20. The SMILES string of the molecule is Cc1[nH]c(C2CCCNC2)nc1C=O. The summed E-state index contributed by atoms with van der Waals surface area (Å²) in [5.41, 5.74) is 1.42. The molecule has 0 amide bonds. The predicted molar refractivity (Wildman–Crippen MR) is 53.6 cm³/mol. The summed E-state index contributed by atoms with van der Waals surface area (Å²) >= 11 is 0. The molecule has 1 atom stereocenters. The first-order valence-corrected chi connectivity index (χ1v) is 5.03. The molecule has 1 aromatic heterocycles. The van der Waals surface area contributed by atoms with Gasteiger partial charge in [-0.25, -0.2) is 4.98 Å². The number of imidazole rings is 1. The van der Waals surface area contributed by atoms with E-state index in [4.69, 9.17) is 0 Å². The summed E-state index contributed by atoms with van der Waals surface area (Å²) in [5, 5.41) is 3.33. The van der Waals surface area contributed by atoms with Crippen molar-refractivity contribution in [2.45, 2.75) is 25.7 Å². The van der Waals surface area contributed by atoms with Crippen molar-refractivity contribution < 1.29 is 4.79 Å². The standard InChI is InChI=1S/C10H15N3O/c1-7-9(6-14)13-10(12-7)8-3-2-4-11-5-8/h6,8,11H,2-5H2,1H3,(H,12,13). The summed E-state index contributed by atoms with van der Waals surface area (Å²) in [6, 6.07) is 0. The Hall–Kier alpha value is -1.16. The lowest BCUT2D eigenvalue weighted by atomic mass is 9.99. The molecule has 76 valence electrons. The molecule has 0 bridgehead atoms. The van der Waals surface area contributed by atoms with Gasteiger partial charge in [-0.05, 0) is 26.3 Å². The molecule has 0 radical (unpaired) electrons. The predicted octanol–water partition coefficient (Wildman–Crippen LogP) is 0.998. The number of aldehydes is 1. The van der Waals surface area contributed by atoms with E-state index in [2.05, 4.69) is 15.3 Å². The van der Waals surface area contributed by atoms with E-state index < -0.39 is 0 Å². The number of aryl methyl sites for hydroxylation is 1. The molecule has 0 spiro atoms. The Morgan fingerprint density at radius 2 is 2.43 bits per heavy atom. The van der Waals surface area contributed by atoms with Gasteiger partial charge in [-0.2, -0.15) is 0 Å². The molecule has 1 unspecified atom stereocenters. The third kappa shape index (κ3) is 1.70. The van der Waals surface area contributed by atoms with Crippen LogP contribution < -0.4 is 5.32 Å². The molecular weight excluding hydrogens is 178 g/mol. The maximum absolute atomic E-state index is 10.6. The molecule has 0 aliphatic carbocycles. The van der Waals surface area contributed by atoms with Crippen LogP contribution >= 0.6 is 0 Å². The van der Waals surface area contributed by atoms with E-state index in [1.54, 1.807) is 0 Å². The molecule has 4 heteroatoms. The van der Waals surface area contributed by atoms with Gasteiger partial charge in [0.05, 0.1) is 0 Å². The van der Waals surface area contributed by atoms with Gasteiger partial charge in [-0.15, -0.1) is 0 Å². The number of hydrogen-bond acceptors (Lipinski definition) is 3. The number of carbonyl (C=O) groups is 1. The second-order valence-electron chi connectivity index (χ2n) is 3.79. The van der Waals surface area contributed by atoms with Crippen molar-refractivity contribution in [2.24, 2.45) is 0 Å². The Bertz CT molecular complexity index is 326. The number of nitrogens with zero attached hydrogens (tertiary/aromatic N) is 1. The van der Waals surface area contributed by atoms with Crippen molar-refractivity contribution in [3.8, 4) is 0 Å². The van der Waals surface area contributed by atoms with Crippen LogP contribution in [0, 0.1) is 6.92 Å². The second-order valence-corrected chi connectivity index (χ2v) is 3.79. The molecule has 4 nitrogen and oxygen atoms in total. The number of aromatic amines is 1. The number of hydrogen-bond donors (Lipinski definition) is 2. The van der Waals surface area contributed by atoms with E-state index in [1.807, 2.05) is 6.92 Å². The molecule has 1 aromatic rings. The smallest absolute Gasteiger partial charge is 0.170 e. The van der Waals surface area contributed by atoms with Crippen molar-refractivity contribution in [2.75, 3.05) is 13.1 Å². The van der Waals surface area contributed by atoms with Crippen LogP contribution in [0.4, 0.5) is 0 Å². The Balaban J connectivity index is 2.18. The van der Waals surface area contributed by atoms with E-state index >= 15 is 0 Å². The minimum Gasteiger partial charge on any atom is -0.345 e. The Morgan fingerprint density at radius 1 is 1.57 bits per heavy atom. The number of carbonyl (C=O) groups excluding carboxylic acids is 1. The number of piperidine rings is 1. The van der Waals surface area contributed by atoms with Crippen LogP contribution in [0.15, 0.2) is 0 Å². The van der Waals surface area contributed by atoms with Crippen LogP contribution in [0.1, 0.15) is 40.8 Å². The molecule has 1 saturated heterocycles. The fourth-order valence-corrected chi connectivity index (χ4v) is 1.89. The lowest BCUT2D eigenvalue weighted by molar-refractivity contribution is 0.111. The minimum absolute atomic E-state index is 0.441. The second kappa shape index (κ2) is 3.92. The fourth-order valence-electron chi connectivity index (χ4n) is 1.89. The molecule has 1 aliphatic rings. The summed E-state index contributed by atoms with van der Waals surface area (Å²) in [7, 11) is 0. The first-order valence-electron chi connectivity index (χ1n) is 5.03. The van der Waals surface area contributed by atoms with E-state index in [1.165, 1.54) is 6.42 Å². The molecule has 1 fully saturated rings.